The Hall–Kier alpha value is -1.86. The number of ether oxygens (including phenoxy) is 2. The largest absolute Gasteiger partial charge is 0.464 e. The summed E-state index contributed by atoms with van der Waals surface area (Å²) in [6, 6.07) is -0.843. The topological polar surface area (TPSA) is 88.8 Å². The molecule has 0 rings (SSSR count). The van der Waals surface area contributed by atoms with Crippen molar-refractivity contribution < 1.29 is 19.1 Å². The van der Waals surface area contributed by atoms with Crippen LogP contribution in [0.2, 0.25) is 0 Å². The third-order valence-corrected chi connectivity index (χ3v) is 1.56. The number of hydrogen-bond donors (Lipinski definition) is 0. The molecule has 0 heterocycles. The molecule has 0 amide bonds. The third kappa shape index (κ3) is 6.24. The molecule has 0 aromatic carbocycles. The molecule has 0 aliphatic carbocycles. The van der Waals surface area contributed by atoms with Crippen LogP contribution in [0.25, 0.3) is 0 Å². The zero-order valence-electron chi connectivity index (χ0n) is 8.43. The van der Waals surface area contributed by atoms with E-state index in [4.69, 9.17) is 10.00 Å². The van der Waals surface area contributed by atoms with Crippen LogP contribution in [0.4, 0.5) is 0 Å². The van der Waals surface area contributed by atoms with Gasteiger partial charge in [0.2, 0.25) is 6.08 Å². The lowest BCUT2D eigenvalue weighted by molar-refractivity contribution is -0.144. The first-order chi connectivity index (χ1) is 7.26. The van der Waals surface area contributed by atoms with Crippen molar-refractivity contribution in [3.8, 4) is 6.26 Å². The van der Waals surface area contributed by atoms with Crippen LogP contribution in [0.5, 0.6) is 0 Å². The van der Waals surface area contributed by atoms with Gasteiger partial charge in [0.1, 0.15) is 6.61 Å². The fourth-order valence-corrected chi connectivity index (χ4v) is 0.932. The van der Waals surface area contributed by atoms with Crippen molar-refractivity contribution in [2.45, 2.75) is 25.8 Å². The van der Waals surface area contributed by atoms with E-state index in [0.717, 1.165) is 0 Å². The van der Waals surface area contributed by atoms with Crippen molar-refractivity contribution in [1.29, 1.82) is 5.26 Å². The Balaban J connectivity index is 3.99. The molecule has 6 nitrogen and oxygen atoms in total. The van der Waals surface area contributed by atoms with Crippen molar-refractivity contribution in [2.75, 3.05) is 13.2 Å². The molecule has 0 aromatic rings. The fraction of sp³-hybridized carbons (Fsp3) is 0.667. The third-order valence-electron chi connectivity index (χ3n) is 1.56. The first-order valence-electron chi connectivity index (χ1n) is 4.50. The lowest BCUT2D eigenvalue weighted by atomic mass is 10.2. The van der Waals surface area contributed by atoms with Crippen molar-refractivity contribution in [2.24, 2.45) is 4.99 Å². The number of nitrogens with zero attached hydrogens (tertiary/aromatic N) is 2. The average molecular weight is 212 g/mol. The minimum absolute atomic E-state index is 0.195. The van der Waals surface area contributed by atoms with Gasteiger partial charge in [-0.05, 0) is 19.8 Å². The quantitative estimate of drug-likeness (QED) is 0.202. The van der Waals surface area contributed by atoms with Crippen LogP contribution in [0.15, 0.2) is 4.99 Å². The van der Waals surface area contributed by atoms with Crippen LogP contribution in [0.3, 0.4) is 0 Å². The number of rotatable bonds is 7. The van der Waals surface area contributed by atoms with Crippen molar-refractivity contribution >= 4 is 12.0 Å². The number of nitriles is 1. The summed E-state index contributed by atoms with van der Waals surface area (Å²) in [5, 5.41) is 8.08. The van der Waals surface area contributed by atoms with Crippen LogP contribution < -0.4 is 0 Å². The molecule has 0 aliphatic rings. The highest BCUT2D eigenvalue weighted by Gasteiger charge is 2.18. The molecule has 1 unspecified atom stereocenters. The van der Waals surface area contributed by atoms with Gasteiger partial charge in [0, 0.05) is 0 Å². The summed E-state index contributed by atoms with van der Waals surface area (Å²) >= 11 is 0. The van der Waals surface area contributed by atoms with Gasteiger partial charge in [-0.1, -0.05) is 0 Å². The van der Waals surface area contributed by atoms with Gasteiger partial charge in [-0.25, -0.2) is 9.59 Å². The van der Waals surface area contributed by atoms with Crippen LogP contribution in [-0.4, -0.2) is 31.3 Å². The van der Waals surface area contributed by atoms with Crippen LogP contribution in [0, 0.1) is 11.5 Å². The zero-order valence-corrected chi connectivity index (χ0v) is 8.43. The van der Waals surface area contributed by atoms with Crippen LogP contribution in [0.1, 0.15) is 19.8 Å². The summed E-state index contributed by atoms with van der Waals surface area (Å²) in [5.74, 6) is -0.558. The van der Waals surface area contributed by atoms with Gasteiger partial charge in [0.25, 0.3) is 6.26 Å². The zero-order chi connectivity index (χ0) is 11.5. The molecule has 0 fully saturated rings. The van der Waals surface area contributed by atoms with Gasteiger partial charge >= 0.3 is 5.97 Å². The van der Waals surface area contributed by atoms with E-state index < -0.39 is 12.0 Å². The Morgan fingerprint density at radius 2 is 2.33 bits per heavy atom. The molecule has 0 saturated carbocycles. The highest BCUT2D eigenvalue weighted by atomic mass is 16.5. The standard InChI is InChI=1S/C9H12N2O4/c1-2-15-9(13)8(11-7-12)4-3-5-14-6-10/h8H,2-5H2,1H3. The Labute approximate surface area is 87.5 Å². The maximum Gasteiger partial charge on any atom is 0.331 e. The number of esters is 1. The van der Waals surface area contributed by atoms with Gasteiger partial charge < -0.3 is 9.47 Å². The summed E-state index contributed by atoms with van der Waals surface area (Å²) in [6.07, 6.45) is 3.57. The molecule has 0 N–H and O–H groups in total. The van der Waals surface area contributed by atoms with Gasteiger partial charge in [0.15, 0.2) is 6.04 Å². The maximum absolute atomic E-state index is 11.2. The van der Waals surface area contributed by atoms with Crippen molar-refractivity contribution in [1.82, 2.24) is 0 Å². The smallest absolute Gasteiger partial charge is 0.331 e. The van der Waals surface area contributed by atoms with Gasteiger partial charge in [-0.2, -0.15) is 10.3 Å². The van der Waals surface area contributed by atoms with Gasteiger partial charge in [-0.3, -0.25) is 0 Å². The number of aliphatic imine (C=N–C) groups is 1. The summed E-state index contributed by atoms with van der Waals surface area (Å²) in [7, 11) is 0. The molecule has 0 aromatic heterocycles. The predicted octanol–water partition coefficient (Wildman–Crippen LogP) is 0.532. The molecule has 0 bridgehead atoms. The number of carbonyl (C=O) groups excluding carboxylic acids is 2. The second-order valence-electron chi connectivity index (χ2n) is 2.57. The number of carbonyl (C=O) groups is 1. The second-order valence-corrected chi connectivity index (χ2v) is 2.57. The van der Waals surface area contributed by atoms with E-state index in [-0.39, 0.29) is 13.2 Å². The second kappa shape index (κ2) is 8.73. The first kappa shape index (κ1) is 13.1. The average Bonchev–Trinajstić information content (AvgIpc) is 2.23. The summed E-state index contributed by atoms with van der Waals surface area (Å²) < 4.78 is 9.11. The lowest BCUT2D eigenvalue weighted by Gasteiger charge is -2.08. The van der Waals surface area contributed by atoms with E-state index in [1.807, 2.05) is 0 Å². The number of hydrogen-bond acceptors (Lipinski definition) is 6. The van der Waals surface area contributed by atoms with Gasteiger partial charge in [0.05, 0.1) is 6.61 Å². The minimum atomic E-state index is -0.843. The Morgan fingerprint density at radius 3 is 2.87 bits per heavy atom. The van der Waals surface area contributed by atoms with Gasteiger partial charge in [-0.15, -0.1) is 0 Å². The molecule has 0 aliphatic heterocycles. The Morgan fingerprint density at radius 1 is 1.60 bits per heavy atom. The highest BCUT2D eigenvalue weighted by molar-refractivity contribution is 5.76. The molecule has 0 spiro atoms. The van der Waals surface area contributed by atoms with E-state index in [9.17, 15) is 9.59 Å². The summed E-state index contributed by atoms with van der Waals surface area (Å²) in [5.41, 5.74) is 0. The van der Waals surface area contributed by atoms with Crippen LogP contribution >= 0.6 is 0 Å². The van der Waals surface area contributed by atoms with E-state index >= 15 is 0 Å². The van der Waals surface area contributed by atoms with Crippen LogP contribution in [-0.2, 0) is 19.1 Å². The normalized spacial score (nSPS) is 10.7. The summed E-state index contributed by atoms with van der Waals surface area (Å²) in [6.45, 7) is 2.09. The summed E-state index contributed by atoms with van der Waals surface area (Å²) in [4.78, 5) is 24.5. The monoisotopic (exact) mass is 212 g/mol. The number of isocyanates is 1. The van der Waals surface area contributed by atoms with E-state index in [0.29, 0.717) is 12.8 Å². The highest BCUT2D eigenvalue weighted by Crippen LogP contribution is 2.04. The Kier molecular flexibility index (Phi) is 7.64. The Bertz CT molecular complexity index is 278. The molecule has 82 valence electrons. The van der Waals surface area contributed by atoms with Crippen molar-refractivity contribution in [3.63, 3.8) is 0 Å². The molecule has 1 atom stereocenters. The fourth-order valence-electron chi connectivity index (χ4n) is 0.932. The molecular formula is C9H12N2O4. The lowest BCUT2D eigenvalue weighted by Crippen LogP contribution is -2.21. The predicted molar refractivity (Wildman–Crippen MR) is 49.3 cm³/mol. The van der Waals surface area contributed by atoms with E-state index in [1.165, 1.54) is 12.3 Å². The van der Waals surface area contributed by atoms with E-state index in [1.54, 1.807) is 6.92 Å². The molecule has 6 heteroatoms. The first-order valence-corrected chi connectivity index (χ1v) is 4.50. The molecule has 15 heavy (non-hydrogen) atoms. The van der Waals surface area contributed by atoms with E-state index in [2.05, 4.69) is 9.73 Å². The molecule has 0 saturated heterocycles. The molecular weight excluding hydrogens is 200 g/mol. The molecule has 0 radical (unpaired) electrons. The van der Waals surface area contributed by atoms with Crippen molar-refractivity contribution in [3.05, 3.63) is 0 Å². The maximum atomic E-state index is 11.2. The SMILES string of the molecule is CCOC(=O)C(CCCOC#N)N=C=O. The minimum Gasteiger partial charge on any atom is -0.464 e.